The molecule has 0 aliphatic carbocycles. The summed E-state index contributed by atoms with van der Waals surface area (Å²) in [4.78, 5) is 24.7. The van der Waals surface area contributed by atoms with Crippen molar-refractivity contribution in [2.75, 3.05) is 6.54 Å². The summed E-state index contributed by atoms with van der Waals surface area (Å²) in [7, 11) is 0. The number of aliphatic hydroxyl groups is 1. The topological polar surface area (TPSA) is 99.7 Å². The van der Waals surface area contributed by atoms with Crippen LogP contribution in [0.1, 0.15) is 60.8 Å². The van der Waals surface area contributed by atoms with Crippen molar-refractivity contribution >= 4 is 12.0 Å². The number of amides is 2. The lowest BCUT2D eigenvalue weighted by molar-refractivity contribution is -0.125. The van der Waals surface area contributed by atoms with E-state index in [1.807, 2.05) is 13.8 Å². The summed E-state index contributed by atoms with van der Waals surface area (Å²) < 4.78 is 5.26. The van der Waals surface area contributed by atoms with Crippen LogP contribution in [-0.2, 0) is 9.53 Å². The van der Waals surface area contributed by atoms with Crippen molar-refractivity contribution in [3.63, 3.8) is 0 Å². The minimum absolute atomic E-state index is 0.228. The number of hydrogen-bond donors (Lipinski definition) is 4. The summed E-state index contributed by atoms with van der Waals surface area (Å²) in [5.74, 6) is -0.0513. The Bertz CT molecular complexity index is 448. The van der Waals surface area contributed by atoms with Gasteiger partial charge in [-0.2, -0.15) is 0 Å². The van der Waals surface area contributed by atoms with Gasteiger partial charge in [-0.15, -0.1) is 0 Å². The summed E-state index contributed by atoms with van der Waals surface area (Å²) in [5.41, 5.74) is -0.623. The number of carbonyl (C=O) groups is 2. The van der Waals surface area contributed by atoms with E-state index in [1.54, 1.807) is 20.8 Å². The first-order valence-corrected chi connectivity index (χ1v) is 9.19. The van der Waals surface area contributed by atoms with Crippen molar-refractivity contribution < 1.29 is 19.4 Å². The minimum Gasteiger partial charge on any atom is -0.444 e. The fraction of sp³-hybridized carbons (Fsp3) is 0.889. The SMILES string of the molecule is CC(C)CC(NC(=O)OC(C)(C)C)C(=O)N[C@H]1CC[C@@H](C)NC[C@@H]1O. The molecule has 0 aromatic carbocycles. The Morgan fingerprint density at radius 1 is 1.28 bits per heavy atom. The highest BCUT2D eigenvalue weighted by molar-refractivity contribution is 5.85. The Morgan fingerprint density at radius 2 is 1.92 bits per heavy atom. The van der Waals surface area contributed by atoms with Crippen molar-refractivity contribution in [1.29, 1.82) is 0 Å². The maximum atomic E-state index is 12.7. The Hall–Kier alpha value is -1.34. The van der Waals surface area contributed by atoms with Crippen molar-refractivity contribution in [3.8, 4) is 0 Å². The van der Waals surface area contributed by atoms with E-state index in [2.05, 4.69) is 22.9 Å². The zero-order valence-electron chi connectivity index (χ0n) is 16.4. The van der Waals surface area contributed by atoms with E-state index in [1.165, 1.54) is 0 Å². The summed E-state index contributed by atoms with van der Waals surface area (Å²) in [6, 6.07) is -0.696. The van der Waals surface area contributed by atoms with Crippen molar-refractivity contribution in [1.82, 2.24) is 16.0 Å². The van der Waals surface area contributed by atoms with E-state index in [9.17, 15) is 14.7 Å². The third-order valence-electron chi connectivity index (χ3n) is 4.09. The standard InChI is InChI=1S/C18H35N3O4/c1-11(2)9-14(21-17(24)25-18(4,5)6)16(23)20-13-8-7-12(3)19-10-15(13)22/h11-15,19,22H,7-10H2,1-6H3,(H,20,23)(H,21,24)/t12-,13+,14?,15+/m1/s1. The van der Waals surface area contributed by atoms with Gasteiger partial charge in [0.25, 0.3) is 0 Å². The molecular weight excluding hydrogens is 322 g/mol. The number of hydrogen-bond acceptors (Lipinski definition) is 5. The van der Waals surface area contributed by atoms with Crippen LogP contribution in [0.25, 0.3) is 0 Å². The molecule has 4 atom stereocenters. The van der Waals surface area contributed by atoms with E-state index < -0.39 is 23.8 Å². The molecule has 7 nitrogen and oxygen atoms in total. The maximum Gasteiger partial charge on any atom is 0.408 e. The second-order valence-electron chi connectivity index (χ2n) is 8.40. The summed E-state index contributed by atoms with van der Waals surface area (Å²) >= 11 is 0. The second-order valence-corrected chi connectivity index (χ2v) is 8.40. The Kier molecular flexibility index (Phi) is 8.15. The lowest BCUT2D eigenvalue weighted by Gasteiger charge is -2.27. The quantitative estimate of drug-likeness (QED) is 0.598. The first-order chi connectivity index (χ1) is 11.5. The predicted molar refractivity (Wildman–Crippen MR) is 97.2 cm³/mol. The second kappa shape index (κ2) is 9.38. The van der Waals surface area contributed by atoms with E-state index in [0.29, 0.717) is 25.4 Å². The van der Waals surface area contributed by atoms with Crippen molar-refractivity contribution in [2.45, 2.75) is 90.6 Å². The smallest absolute Gasteiger partial charge is 0.408 e. The van der Waals surface area contributed by atoms with Gasteiger partial charge in [-0.25, -0.2) is 4.79 Å². The number of aliphatic hydroxyl groups excluding tert-OH is 1. The molecular formula is C18H35N3O4. The van der Waals surface area contributed by atoms with Crippen LogP contribution < -0.4 is 16.0 Å². The fourth-order valence-electron chi connectivity index (χ4n) is 2.79. The molecule has 2 amide bonds. The average Bonchev–Trinajstić information content (AvgIpc) is 2.59. The number of nitrogens with one attached hydrogen (secondary N) is 3. The molecule has 1 saturated heterocycles. The van der Waals surface area contributed by atoms with Gasteiger partial charge in [-0.1, -0.05) is 13.8 Å². The molecule has 7 heteroatoms. The molecule has 0 radical (unpaired) electrons. The molecule has 1 rings (SSSR count). The van der Waals surface area contributed by atoms with Crippen LogP contribution in [-0.4, -0.2) is 53.5 Å². The molecule has 146 valence electrons. The van der Waals surface area contributed by atoms with E-state index in [4.69, 9.17) is 4.74 Å². The van der Waals surface area contributed by atoms with Gasteiger partial charge in [0, 0.05) is 12.6 Å². The van der Waals surface area contributed by atoms with Gasteiger partial charge in [0.2, 0.25) is 5.91 Å². The highest BCUT2D eigenvalue weighted by atomic mass is 16.6. The van der Waals surface area contributed by atoms with Crippen LogP contribution in [0.3, 0.4) is 0 Å². The van der Waals surface area contributed by atoms with Crippen LogP contribution in [0.5, 0.6) is 0 Å². The van der Waals surface area contributed by atoms with Gasteiger partial charge < -0.3 is 25.8 Å². The van der Waals surface area contributed by atoms with E-state index >= 15 is 0 Å². The highest BCUT2D eigenvalue weighted by Crippen LogP contribution is 2.13. The van der Waals surface area contributed by atoms with Gasteiger partial charge in [0.15, 0.2) is 0 Å². The molecule has 4 N–H and O–H groups in total. The van der Waals surface area contributed by atoms with Crippen LogP contribution in [0.4, 0.5) is 4.79 Å². The number of carbonyl (C=O) groups excluding carboxylic acids is 2. The van der Waals surface area contributed by atoms with E-state index in [-0.39, 0.29) is 17.9 Å². The van der Waals surface area contributed by atoms with Crippen LogP contribution in [0.15, 0.2) is 0 Å². The largest absolute Gasteiger partial charge is 0.444 e. The molecule has 0 aromatic rings. The molecule has 0 spiro atoms. The number of alkyl carbamates (subject to hydrolysis) is 1. The van der Waals surface area contributed by atoms with Gasteiger partial charge in [-0.05, 0) is 52.9 Å². The van der Waals surface area contributed by atoms with Crippen LogP contribution in [0.2, 0.25) is 0 Å². The first-order valence-electron chi connectivity index (χ1n) is 9.19. The summed E-state index contributed by atoms with van der Waals surface area (Å²) in [6.45, 7) is 11.8. The number of β-amino-alcohol motifs (C(OH)–C–C–N with tert-alkyl or cyclic N) is 1. The van der Waals surface area contributed by atoms with Crippen LogP contribution >= 0.6 is 0 Å². The zero-order chi connectivity index (χ0) is 19.2. The maximum absolute atomic E-state index is 12.7. The molecule has 1 aliphatic heterocycles. The van der Waals surface area contributed by atoms with Gasteiger partial charge in [-0.3, -0.25) is 4.79 Å². The lowest BCUT2D eigenvalue weighted by atomic mass is 10.0. The van der Waals surface area contributed by atoms with E-state index in [0.717, 1.165) is 6.42 Å². The highest BCUT2D eigenvalue weighted by Gasteiger charge is 2.30. The van der Waals surface area contributed by atoms with Gasteiger partial charge >= 0.3 is 6.09 Å². The Morgan fingerprint density at radius 3 is 2.48 bits per heavy atom. The van der Waals surface area contributed by atoms with Crippen molar-refractivity contribution in [3.05, 3.63) is 0 Å². The Labute approximate surface area is 151 Å². The molecule has 1 fully saturated rings. The number of rotatable bonds is 5. The summed E-state index contributed by atoms with van der Waals surface area (Å²) in [6.07, 6.45) is 0.820. The number of ether oxygens (including phenoxy) is 1. The molecule has 0 saturated carbocycles. The molecule has 1 unspecified atom stereocenters. The van der Waals surface area contributed by atoms with Crippen LogP contribution in [0, 0.1) is 5.92 Å². The average molecular weight is 357 g/mol. The van der Waals surface area contributed by atoms with Gasteiger partial charge in [0.05, 0.1) is 12.1 Å². The Balaban J connectivity index is 2.70. The normalized spacial score (nSPS) is 25.8. The first kappa shape index (κ1) is 21.7. The monoisotopic (exact) mass is 357 g/mol. The third-order valence-corrected chi connectivity index (χ3v) is 4.09. The molecule has 1 heterocycles. The summed E-state index contributed by atoms with van der Waals surface area (Å²) in [5, 5.41) is 19.0. The van der Waals surface area contributed by atoms with Crippen molar-refractivity contribution in [2.24, 2.45) is 5.92 Å². The molecule has 0 aromatic heterocycles. The van der Waals surface area contributed by atoms with Gasteiger partial charge in [0.1, 0.15) is 11.6 Å². The third kappa shape index (κ3) is 8.54. The zero-order valence-corrected chi connectivity index (χ0v) is 16.4. The lowest BCUT2D eigenvalue weighted by Crippen LogP contribution is -2.54. The molecule has 1 aliphatic rings. The fourth-order valence-corrected chi connectivity index (χ4v) is 2.79. The predicted octanol–water partition coefficient (Wildman–Crippen LogP) is 1.54. The minimum atomic E-state index is -0.685. The molecule has 0 bridgehead atoms. The molecule has 25 heavy (non-hydrogen) atoms.